The molecule has 34 heavy (non-hydrogen) atoms. The maximum Gasteiger partial charge on any atom is 0.193 e. The number of methoxy groups -OCH3 is 2. The van der Waals surface area contributed by atoms with Crippen molar-refractivity contribution in [2.75, 3.05) is 14.2 Å². The molecule has 0 spiro atoms. The van der Waals surface area contributed by atoms with E-state index in [1.54, 1.807) is 14.2 Å². The molecule has 0 aliphatic rings. The van der Waals surface area contributed by atoms with E-state index in [4.69, 9.17) is 18.3 Å². The molecule has 190 valence electrons. The minimum Gasteiger partial charge on any atom is -0.497 e. The first-order valence-electron chi connectivity index (χ1n) is 12.2. The zero-order valence-corrected chi connectivity index (χ0v) is 25.4. The Morgan fingerprint density at radius 1 is 0.529 bits per heavy atom. The van der Waals surface area contributed by atoms with E-state index in [0.29, 0.717) is 0 Å². The molecule has 0 heterocycles. The molecular formula is C28H46O4Si2. The zero-order chi connectivity index (χ0) is 25.9. The third-order valence-electron chi connectivity index (χ3n) is 7.62. The average molecular weight is 503 g/mol. The molecule has 0 radical (unpaired) electrons. The minimum atomic E-state index is -2.13. The quantitative estimate of drug-likeness (QED) is 0.322. The highest BCUT2D eigenvalue weighted by atomic mass is 28.4. The van der Waals surface area contributed by atoms with Crippen LogP contribution >= 0.6 is 0 Å². The van der Waals surface area contributed by atoms with Crippen molar-refractivity contribution < 1.29 is 18.3 Å². The molecule has 0 N–H and O–H groups in total. The lowest BCUT2D eigenvalue weighted by Crippen LogP contribution is -2.46. The Bertz CT molecular complexity index is 830. The van der Waals surface area contributed by atoms with Crippen LogP contribution in [0.2, 0.25) is 36.3 Å². The van der Waals surface area contributed by atoms with Crippen molar-refractivity contribution in [3.8, 4) is 11.5 Å². The molecule has 2 atom stereocenters. The van der Waals surface area contributed by atoms with Gasteiger partial charge in [0, 0.05) is 0 Å². The van der Waals surface area contributed by atoms with E-state index in [1.807, 2.05) is 24.3 Å². The fourth-order valence-corrected chi connectivity index (χ4v) is 5.68. The normalized spacial score (nSPS) is 15.1. The molecule has 6 heteroatoms. The fraction of sp³-hybridized carbons (Fsp3) is 0.571. The summed E-state index contributed by atoms with van der Waals surface area (Å²) in [5.74, 6) is 1.67. The van der Waals surface area contributed by atoms with Gasteiger partial charge in [-0.3, -0.25) is 0 Å². The largest absolute Gasteiger partial charge is 0.497 e. The molecule has 0 aliphatic heterocycles. The van der Waals surface area contributed by atoms with Crippen molar-refractivity contribution in [2.45, 2.75) is 90.0 Å². The summed E-state index contributed by atoms with van der Waals surface area (Å²) < 4.78 is 25.2. The van der Waals surface area contributed by atoms with Crippen molar-refractivity contribution >= 4 is 16.6 Å². The van der Waals surface area contributed by atoms with Gasteiger partial charge in [-0.25, -0.2) is 0 Å². The highest BCUT2D eigenvalue weighted by Crippen LogP contribution is 2.48. The Labute approximate surface area is 210 Å². The van der Waals surface area contributed by atoms with Crippen LogP contribution in [0.4, 0.5) is 0 Å². The summed E-state index contributed by atoms with van der Waals surface area (Å²) in [4.78, 5) is 0. The van der Waals surface area contributed by atoms with Crippen molar-refractivity contribution in [3.63, 3.8) is 0 Å². The smallest absolute Gasteiger partial charge is 0.193 e. The van der Waals surface area contributed by atoms with Gasteiger partial charge in [0.05, 0.1) is 26.4 Å². The summed E-state index contributed by atoms with van der Waals surface area (Å²) in [6, 6.07) is 16.5. The molecule has 0 aromatic heterocycles. The van der Waals surface area contributed by atoms with E-state index in [-0.39, 0.29) is 22.3 Å². The van der Waals surface area contributed by atoms with E-state index in [1.165, 1.54) is 0 Å². The predicted molar refractivity (Wildman–Crippen MR) is 148 cm³/mol. The van der Waals surface area contributed by atoms with Crippen LogP contribution in [0.15, 0.2) is 48.5 Å². The standard InChI is InChI=1S/C28H46O4Si2/c1-27(2,3)33(9,10)31-25(21-13-17-23(29-7)18-14-21)26(32-34(11,12)28(4,5)6)22-15-19-24(30-8)20-16-22/h13-20,25-26H,1-12H3. The molecule has 0 bridgehead atoms. The van der Waals surface area contributed by atoms with Crippen LogP contribution in [0.25, 0.3) is 0 Å². The first-order chi connectivity index (χ1) is 15.5. The maximum absolute atomic E-state index is 7.16. The summed E-state index contributed by atoms with van der Waals surface area (Å²) in [6.07, 6.45) is -0.483. The van der Waals surface area contributed by atoms with Crippen LogP contribution in [0.3, 0.4) is 0 Å². The third kappa shape index (κ3) is 6.75. The Kier molecular flexibility index (Phi) is 8.90. The molecule has 4 nitrogen and oxygen atoms in total. The number of hydrogen-bond acceptors (Lipinski definition) is 4. The highest BCUT2D eigenvalue weighted by Gasteiger charge is 2.45. The van der Waals surface area contributed by atoms with E-state index in [9.17, 15) is 0 Å². The van der Waals surface area contributed by atoms with Crippen molar-refractivity contribution in [2.24, 2.45) is 0 Å². The average Bonchev–Trinajstić information content (AvgIpc) is 2.74. The molecular weight excluding hydrogens is 456 g/mol. The Balaban J connectivity index is 2.68. The van der Waals surface area contributed by atoms with Crippen LogP contribution < -0.4 is 9.47 Å². The van der Waals surface area contributed by atoms with Crippen molar-refractivity contribution in [1.82, 2.24) is 0 Å². The summed E-state index contributed by atoms with van der Waals surface area (Å²) in [5.41, 5.74) is 2.20. The minimum absolute atomic E-state index is 0.0686. The number of hydrogen-bond donors (Lipinski definition) is 0. The molecule has 0 fully saturated rings. The first-order valence-corrected chi connectivity index (χ1v) is 18.0. The highest BCUT2D eigenvalue weighted by molar-refractivity contribution is 6.74. The van der Waals surface area contributed by atoms with Gasteiger partial charge >= 0.3 is 0 Å². The molecule has 2 rings (SSSR count). The monoisotopic (exact) mass is 502 g/mol. The Morgan fingerprint density at radius 2 is 0.794 bits per heavy atom. The Hall–Kier alpha value is -1.61. The van der Waals surface area contributed by atoms with Gasteiger partial charge in [0.2, 0.25) is 0 Å². The molecule has 0 saturated heterocycles. The van der Waals surface area contributed by atoms with Crippen LogP contribution in [0.1, 0.15) is 64.9 Å². The summed E-state index contributed by atoms with van der Waals surface area (Å²) in [6.45, 7) is 22.9. The molecule has 2 aromatic rings. The van der Waals surface area contributed by atoms with Crippen molar-refractivity contribution in [3.05, 3.63) is 59.7 Å². The first kappa shape index (κ1) is 28.6. The molecule has 2 aromatic carbocycles. The van der Waals surface area contributed by atoms with E-state index in [2.05, 4.69) is 92.0 Å². The van der Waals surface area contributed by atoms with E-state index < -0.39 is 16.6 Å². The lowest BCUT2D eigenvalue weighted by molar-refractivity contribution is 0.0332. The van der Waals surface area contributed by atoms with Gasteiger partial charge in [-0.15, -0.1) is 0 Å². The molecule has 0 aliphatic carbocycles. The van der Waals surface area contributed by atoms with Crippen molar-refractivity contribution in [1.29, 1.82) is 0 Å². The number of rotatable bonds is 9. The van der Waals surface area contributed by atoms with Gasteiger partial charge in [-0.1, -0.05) is 65.8 Å². The van der Waals surface area contributed by atoms with Gasteiger partial charge in [0.25, 0.3) is 0 Å². The Morgan fingerprint density at radius 3 is 1.00 bits per heavy atom. The van der Waals surface area contributed by atoms with Crippen LogP contribution in [0, 0.1) is 0 Å². The summed E-state index contributed by atoms with van der Waals surface area (Å²) in [5, 5.41) is 0.137. The van der Waals surface area contributed by atoms with Crippen LogP contribution in [-0.4, -0.2) is 30.9 Å². The fourth-order valence-electron chi connectivity index (χ4n) is 3.18. The van der Waals surface area contributed by atoms with Gasteiger partial charge in [0.1, 0.15) is 11.5 Å². The van der Waals surface area contributed by atoms with Gasteiger partial charge < -0.3 is 18.3 Å². The lowest BCUT2D eigenvalue weighted by atomic mass is 9.98. The third-order valence-corrected chi connectivity index (χ3v) is 16.5. The summed E-state index contributed by atoms with van der Waals surface area (Å²) >= 11 is 0. The maximum atomic E-state index is 7.16. The van der Waals surface area contributed by atoms with E-state index in [0.717, 1.165) is 22.6 Å². The zero-order valence-electron chi connectivity index (χ0n) is 23.4. The van der Waals surface area contributed by atoms with Gasteiger partial charge in [-0.05, 0) is 71.7 Å². The lowest BCUT2D eigenvalue weighted by Gasteiger charge is -2.45. The van der Waals surface area contributed by atoms with Gasteiger partial charge in [-0.2, -0.15) is 0 Å². The second-order valence-electron chi connectivity index (χ2n) is 12.1. The van der Waals surface area contributed by atoms with Crippen LogP contribution in [0.5, 0.6) is 11.5 Å². The SMILES string of the molecule is COc1ccc(C(O[Si](C)(C)C(C)(C)C)C(O[Si](C)(C)C(C)(C)C)c2ccc(OC)cc2)cc1. The molecule has 2 unspecified atom stereocenters. The number of benzene rings is 2. The van der Waals surface area contributed by atoms with Crippen LogP contribution in [-0.2, 0) is 8.85 Å². The molecule has 0 saturated carbocycles. The summed E-state index contributed by atoms with van der Waals surface area (Å²) in [7, 11) is -0.868. The molecule has 0 amide bonds. The second-order valence-corrected chi connectivity index (χ2v) is 21.7. The number of ether oxygens (including phenoxy) is 2. The van der Waals surface area contributed by atoms with Gasteiger partial charge in [0.15, 0.2) is 16.6 Å². The second kappa shape index (κ2) is 10.6. The predicted octanol–water partition coefficient (Wildman–Crippen LogP) is 8.53. The van der Waals surface area contributed by atoms with E-state index >= 15 is 0 Å². The topological polar surface area (TPSA) is 36.9 Å².